The second-order valence-electron chi connectivity index (χ2n) is 8.10. The maximum Gasteiger partial charge on any atom is 0.309 e. The molecule has 0 saturated heterocycles. The molecular formula is C26H29N3O3. The van der Waals surface area contributed by atoms with Gasteiger partial charge in [0.1, 0.15) is 12.4 Å². The van der Waals surface area contributed by atoms with E-state index in [1.807, 2.05) is 74.6 Å². The minimum Gasteiger partial charge on any atom is -0.489 e. The van der Waals surface area contributed by atoms with E-state index in [2.05, 4.69) is 9.88 Å². The van der Waals surface area contributed by atoms with Crippen molar-refractivity contribution in [2.24, 2.45) is 5.92 Å². The van der Waals surface area contributed by atoms with E-state index < -0.39 is 0 Å². The number of fused-ring (bicyclic) bond motifs is 1. The number of ether oxygens (including phenoxy) is 2. The Hall–Kier alpha value is -3.25. The first-order chi connectivity index (χ1) is 15.6. The summed E-state index contributed by atoms with van der Waals surface area (Å²) in [4.78, 5) is 23.6. The minimum atomic E-state index is -0.140. The van der Waals surface area contributed by atoms with Gasteiger partial charge in [0.15, 0.2) is 5.82 Å². The van der Waals surface area contributed by atoms with Crippen molar-refractivity contribution in [2.45, 2.75) is 33.4 Å². The van der Waals surface area contributed by atoms with Crippen LogP contribution in [0.2, 0.25) is 0 Å². The molecule has 6 nitrogen and oxygen atoms in total. The molecule has 0 amide bonds. The van der Waals surface area contributed by atoms with Crippen molar-refractivity contribution < 1.29 is 14.3 Å². The number of carbonyl (C=O) groups excluding carboxylic acids is 1. The fourth-order valence-corrected chi connectivity index (χ4v) is 3.86. The molecule has 1 atom stereocenters. The van der Waals surface area contributed by atoms with E-state index in [0.717, 1.165) is 53.5 Å². The van der Waals surface area contributed by atoms with Gasteiger partial charge in [0.2, 0.25) is 0 Å². The molecule has 4 rings (SSSR count). The number of hydrogen-bond donors (Lipinski definition) is 0. The van der Waals surface area contributed by atoms with Gasteiger partial charge in [-0.3, -0.25) is 9.69 Å². The van der Waals surface area contributed by atoms with Crippen LogP contribution in [-0.2, 0) is 29.1 Å². The SMILES string of the molecule is CCOC(=O)C(C)CN1CCc2nc(-c3ccc(OCc4ccccc4)cc3)ncc2C1. The van der Waals surface area contributed by atoms with Crippen LogP contribution in [0, 0.1) is 5.92 Å². The summed E-state index contributed by atoms with van der Waals surface area (Å²) in [6.45, 7) is 7.03. The van der Waals surface area contributed by atoms with Crippen molar-refractivity contribution in [1.29, 1.82) is 0 Å². The van der Waals surface area contributed by atoms with Crippen LogP contribution >= 0.6 is 0 Å². The third-order valence-electron chi connectivity index (χ3n) is 5.59. The Kier molecular flexibility index (Phi) is 7.12. The van der Waals surface area contributed by atoms with Crippen LogP contribution in [0.1, 0.15) is 30.7 Å². The van der Waals surface area contributed by atoms with Gasteiger partial charge in [0.25, 0.3) is 0 Å². The number of hydrogen-bond acceptors (Lipinski definition) is 6. The molecule has 2 aromatic carbocycles. The van der Waals surface area contributed by atoms with Gasteiger partial charge >= 0.3 is 5.97 Å². The first-order valence-electron chi connectivity index (χ1n) is 11.1. The number of aromatic nitrogens is 2. The molecule has 2 heterocycles. The molecule has 6 heteroatoms. The number of rotatable bonds is 8. The van der Waals surface area contributed by atoms with Gasteiger partial charge in [0, 0.05) is 43.4 Å². The standard InChI is InChI=1S/C26H29N3O3/c1-3-31-26(30)19(2)16-29-14-13-24-22(17-29)15-27-25(28-24)21-9-11-23(12-10-21)32-18-20-7-5-4-6-8-20/h4-12,15,19H,3,13-14,16-18H2,1-2H3. The maximum absolute atomic E-state index is 11.9. The van der Waals surface area contributed by atoms with Gasteiger partial charge in [0.05, 0.1) is 18.2 Å². The molecule has 0 aliphatic carbocycles. The van der Waals surface area contributed by atoms with Gasteiger partial charge in [-0.2, -0.15) is 0 Å². The molecular weight excluding hydrogens is 402 g/mol. The lowest BCUT2D eigenvalue weighted by atomic mass is 10.0. The Morgan fingerprint density at radius 1 is 1.12 bits per heavy atom. The summed E-state index contributed by atoms with van der Waals surface area (Å²) in [7, 11) is 0. The van der Waals surface area contributed by atoms with Crippen molar-refractivity contribution in [2.75, 3.05) is 19.7 Å². The normalized spacial score (nSPS) is 14.4. The zero-order valence-electron chi connectivity index (χ0n) is 18.7. The molecule has 0 N–H and O–H groups in total. The highest BCUT2D eigenvalue weighted by Gasteiger charge is 2.23. The fourth-order valence-electron chi connectivity index (χ4n) is 3.86. The number of carbonyl (C=O) groups is 1. The predicted octanol–water partition coefficient (Wildman–Crippen LogP) is 4.28. The Balaban J connectivity index is 1.36. The van der Waals surface area contributed by atoms with Gasteiger partial charge in [-0.15, -0.1) is 0 Å². The van der Waals surface area contributed by atoms with E-state index in [9.17, 15) is 4.79 Å². The van der Waals surface area contributed by atoms with E-state index >= 15 is 0 Å². The topological polar surface area (TPSA) is 64.5 Å². The monoisotopic (exact) mass is 431 g/mol. The second kappa shape index (κ2) is 10.4. The molecule has 0 radical (unpaired) electrons. The van der Waals surface area contributed by atoms with E-state index in [-0.39, 0.29) is 11.9 Å². The smallest absolute Gasteiger partial charge is 0.309 e. The molecule has 0 saturated carbocycles. The summed E-state index contributed by atoms with van der Waals surface area (Å²) < 4.78 is 11.0. The van der Waals surface area contributed by atoms with Crippen molar-refractivity contribution in [1.82, 2.24) is 14.9 Å². The summed E-state index contributed by atoms with van der Waals surface area (Å²) in [5.41, 5.74) is 4.32. The third kappa shape index (κ3) is 5.51. The largest absolute Gasteiger partial charge is 0.489 e. The molecule has 0 spiro atoms. The molecule has 1 unspecified atom stereocenters. The van der Waals surface area contributed by atoms with Crippen LogP contribution < -0.4 is 4.74 Å². The Morgan fingerprint density at radius 3 is 2.66 bits per heavy atom. The molecule has 0 fully saturated rings. The highest BCUT2D eigenvalue weighted by molar-refractivity contribution is 5.72. The zero-order chi connectivity index (χ0) is 22.3. The molecule has 3 aromatic rings. The first-order valence-corrected chi connectivity index (χ1v) is 11.1. The minimum absolute atomic E-state index is 0.138. The third-order valence-corrected chi connectivity index (χ3v) is 5.59. The Morgan fingerprint density at radius 2 is 1.91 bits per heavy atom. The fraction of sp³-hybridized carbons (Fsp3) is 0.346. The van der Waals surface area contributed by atoms with Crippen LogP contribution in [0.15, 0.2) is 60.8 Å². The van der Waals surface area contributed by atoms with Crippen LogP contribution in [0.3, 0.4) is 0 Å². The lowest BCUT2D eigenvalue weighted by Gasteiger charge is -2.29. The van der Waals surface area contributed by atoms with Crippen molar-refractivity contribution >= 4 is 5.97 Å². The summed E-state index contributed by atoms with van der Waals surface area (Å²) in [5.74, 6) is 1.27. The lowest BCUT2D eigenvalue weighted by Crippen LogP contribution is -2.37. The summed E-state index contributed by atoms with van der Waals surface area (Å²) in [6, 6.07) is 18.0. The number of benzene rings is 2. The van der Waals surface area contributed by atoms with E-state index in [4.69, 9.17) is 14.5 Å². The predicted molar refractivity (Wildman–Crippen MR) is 123 cm³/mol. The van der Waals surface area contributed by atoms with Gasteiger partial charge in [-0.05, 0) is 36.8 Å². The quantitative estimate of drug-likeness (QED) is 0.496. The molecule has 1 aliphatic rings. The summed E-state index contributed by atoms with van der Waals surface area (Å²) in [5, 5.41) is 0. The second-order valence-corrected chi connectivity index (χ2v) is 8.10. The Labute approximate surface area is 189 Å². The van der Waals surface area contributed by atoms with E-state index in [1.54, 1.807) is 0 Å². The molecule has 32 heavy (non-hydrogen) atoms. The Bertz CT molecular complexity index is 1040. The van der Waals surface area contributed by atoms with Crippen LogP contribution in [0.25, 0.3) is 11.4 Å². The first kappa shape index (κ1) is 22.0. The summed E-state index contributed by atoms with van der Waals surface area (Å²) in [6.07, 6.45) is 2.76. The van der Waals surface area contributed by atoms with Gasteiger partial charge in [-0.25, -0.2) is 9.97 Å². The van der Waals surface area contributed by atoms with Crippen molar-refractivity contribution in [3.05, 3.63) is 77.6 Å². The van der Waals surface area contributed by atoms with Crippen molar-refractivity contribution in [3.63, 3.8) is 0 Å². The summed E-state index contributed by atoms with van der Waals surface area (Å²) >= 11 is 0. The zero-order valence-corrected chi connectivity index (χ0v) is 18.7. The van der Waals surface area contributed by atoms with Crippen molar-refractivity contribution in [3.8, 4) is 17.1 Å². The van der Waals surface area contributed by atoms with E-state index in [1.165, 1.54) is 0 Å². The van der Waals surface area contributed by atoms with Gasteiger partial charge < -0.3 is 9.47 Å². The van der Waals surface area contributed by atoms with Crippen LogP contribution in [-0.4, -0.2) is 40.5 Å². The lowest BCUT2D eigenvalue weighted by molar-refractivity contribution is -0.148. The van der Waals surface area contributed by atoms with Crippen LogP contribution in [0.4, 0.5) is 0 Å². The number of esters is 1. The van der Waals surface area contributed by atoms with E-state index in [0.29, 0.717) is 19.8 Å². The molecule has 166 valence electrons. The molecule has 1 aliphatic heterocycles. The molecule has 0 bridgehead atoms. The maximum atomic E-state index is 11.9. The number of nitrogens with zero attached hydrogens (tertiary/aromatic N) is 3. The van der Waals surface area contributed by atoms with Gasteiger partial charge in [-0.1, -0.05) is 37.3 Å². The van der Waals surface area contributed by atoms with Crippen LogP contribution in [0.5, 0.6) is 5.75 Å². The highest BCUT2D eigenvalue weighted by atomic mass is 16.5. The average molecular weight is 432 g/mol. The molecule has 1 aromatic heterocycles. The average Bonchev–Trinajstić information content (AvgIpc) is 2.83. The highest BCUT2D eigenvalue weighted by Crippen LogP contribution is 2.24.